The van der Waals surface area contributed by atoms with Crippen LogP contribution in [0.1, 0.15) is 23.0 Å². The number of hydrogen-bond donors (Lipinski definition) is 2. The van der Waals surface area contributed by atoms with Crippen molar-refractivity contribution in [2.24, 2.45) is 0 Å². The smallest absolute Gasteiger partial charge is 0.276 e. The van der Waals surface area contributed by atoms with E-state index in [4.69, 9.17) is 4.74 Å². The number of fused-ring (bicyclic) bond motifs is 1. The number of rotatable bonds is 4. The normalized spacial score (nSPS) is 10.6. The van der Waals surface area contributed by atoms with Crippen LogP contribution in [0, 0.1) is 6.92 Å². The molecule has 1 aromatic heterocycles. The summed E-state index contributed by atoms with van der Waals surface area (Å²) in [6.07, 6.45) is 0. The third-order valence-corrected chi connectivity index (χ3v) is 3.36. The topological polar surface area (TPSA) is 67.0 Å². The van der Waals surface area contributed by atoms with Gasteiger partial charge in [0.05, 0.1) is 12.1 Å². The standard InChI is InChI=1S/C17H17N3O2/c1-3-22-13-7-5-12(6-8-13)18-17(21)16-14-10-11(2)4-9-15(14)19-20-16/h4-10H,3H2,1-2H3,(H,18,21)(H,19,20). The lowest BCUT2D eigenvalue weighted by Crippen LogP contribution is -2.12. The van der Waals surface area contributed by atoms with Crippen molar-refractivity contribution < 1.29 is 9.53 Å². The summed E-state index contributed by atoms with van der Waals surface area (Å²) in [7, 11) is 0. The summed E-state index contributed by atoms with van der Waals surface area (Å²) in [4.78, 5) is 12.4. The molecule has 5 nitrogen and oxygen atoms in total. The van der Waals surface area contributed by atoms with Gasteiger partial charge < -0.3 is 10.1 Å². The Morgan fingerprint density at radius 2 is 2.00 bits per heavy atom. The van der Waals surface area contributed by atoms with Gasteiger partial charge in [0, 0.05) is 11.1 Å². The number of aromatic amines is 1. The number of carbonyl (C=O) groups excluding carboxylic acids is 1. The molecular weight excluding hydrogens is 278 g/mol. The molecule has 0 saturated heterocycles. The van der Waals surface area contributed by atoms with Gasteiger partial charge in [-0.3, -0.25) is 9.89 Å². The summed E-state index contributed by atoms with van der Waals surface area (Å²) in [5.41, 5.74) is 3.04. The van der Waals surface area contributed by atoms with Gasteiger partial charge in [0.1, 0.15) is 5.75 Å². The van der Waals surface area contributed by atoms with Crippen LogP contribution in [-0.4, -0.2) is 22.7 Å². The number of aromatic nitrogens is 2. The maximum Gasteiger partial charge on any atom is 0.276 e. The molecule has 0 fully saturated rings. The van der Waals surface area contributed by atoms with Gasteiger partial charge in [-0.15, -0.1) is 0 Å². The molecule has 0 spiro atoms. The Morgan fingerprint density at radius 3 is 2.73 bits per heavy atom. The zero-order valence-electron chi connectivity index (χ0n) is 12.5. The molecule has 112 valence electrons. The molecule has 0 bridgehead atoms. The molecule has 0 atom stereocenters. The predicted molar refractivity (Wildman–Crippen MR) is 86.4 cm³/mol. The molecule has 0 aliphatic heterocycles. The fourth-order valence-corrected chi connectivity index (χ4v) is 2.29. The van der Waals surface area contributed by atoms with E-state index in [0.717, 1.165) is 22.2 Å². The Hall–Kier alpha value is -2.82. The minimum absolute atomic E-state index is 0.235. The molecule has 0 radical (unpaired) electrons. The Bertz CT molecular complexity index is 806. The SMILES string of the molecule is CCOc1ccc(NC(=O)c2n[nH]c3ccc(C)cc23)cc1. The lowest BCUT2D eigenvalue weighted by molar-refractivity contribution is 0.102. The van der Waals surface area contributed by atoms with Crippen LogP contribution in [0.5, 0.6) is 5.75 Å². The first-order valence-electron chi connectivity index (χ1n) is 7.16. The number of benzene rings is 2. The second kappa shape index (κ2) is 5.89. The van der Waals surface area contributed by atoms with E-state index in [1.165, 1.54) is 0 Å². The summed E-state index contributed by atoms with van der Waals surface area (Å²) in [6.45, 7) is 4.53. The third-order valence-electron chi connectivity index (χ3n) is 3.36. The first kappa shape index (κ1) is 14.1. The Morgan fingerprint density at radius 1 is 1.23 bits per heavy atom. The summed E-state index contributed by atoms with van der Waals surface area (Å²) in [5, 5.41) is 10.7. The molecule has 1 amide bonds. The van der Waals surface area contributed by atoms with Gasteiger partial charge in [-0.1, -0.05) is 11.6 Å². The Labute approximate surface area is 128 Å². The van der Waals surface area contributed by atoms with Gasteiger partial charge in [-0.25, -0.2) is 0 Å². The monoisotopic (exact) mass is 295 g/mol. The van der Waals surface area contributed by atoms with Crippen LogP contribution >= 0.6 is 0 Å². The highest BCUT2D eigenvalue weighted by molar-refractivity contribution is 6.11. The van der Waals surface area contributed by atoms with Crippen molar-refractivity contribution in [3.8, 4) is 5.75 Å². The molecule has 2 aromatic carbocycles. The maximum atomic E-state index is 12.4. The maximum absolute atomic E-state index is 12.4. The van der Waals surface area contributed by atoms with Gasteiger partial charge in [-0.2, -0.15) is 5.10 Å². The third kappa shape index (κ3) is 2.79. The number of H-pyrrole nitrogens is 1. The number of ether oxygens (including phenoxy) is 1. The van der Waals surface area contributed by atoms with Crippen molar-refractivity contribution in [2.75, 3.05) is 11.9 Å². The Kier molecular flexibility index (Phi) is 3.78. The van der Waals surface area contributed by atoms with Gasteiger partial charge in [0.2, 0.25) is 0 Å². The zero-order chi connectivity index (χ0) is 15.5. The average molecular weight is 295 g/mol. The second-order valence-corrected chi connectivity index (χ2v) is 5.03. The fraction of sp³-hybridized carbons (Fsp3) is 0.176. The molecule has 0 aliphatic rings. The van der Waals surface area contributed by atoms with E-state index in [1.54, 1.807) is 0 Å². The zero-order valence-corrected chi connectivity index (χ0v) is 12.5. The number of hydrogen-bond acceptors (Lipinski definition) is 3. The quantitative estimate of drug-likeness (QED) is 0.774. The predicted octanol–water partition coefficient (Wildman–Crippen LogP) is 3.52. The van der Waals surface area contributed by atoms with Gasteiger partial charge >= 0.3 is 0 Å². The van der Waals surface area contributed by atoms with E-state index < -0.39 is 0 Å². The van der Waals surface area contributed by atoms with Gasteiger partial charge in [-0.05, 0) is 50.2 Å². The average Bonchev–Trinajstić information content (AvgIpc) is 2.92. The van der Waals surface area contributed by atoms with Gasteiger partial charge in [0.15, 0.2) is 5.69 Å². The van der Waals surface area contributed by atoms with Crippen molar-refractivity contribution in [3.05, 3.63) is 53.7 Å². The summed E-state index contributed by atoms with van der Waals surface area (Å²) in [6, 6.07) is 13.1. The van der Waals surface area contributed by atoms with Crippen molar-refractivity contribution in [3.63, 3.8) is 0 Å². The molecule has 3 rings (SSSR count). The first-order valence-corrected chi connectivity index (χ1v) is 7.16. The van der Waals surface area contributed by atoms with Crippen LogP contribution in [0.2, 0.25) is 0 Å². The van der Waals surface area contributed by atoms with Crippen molar-refractivity contribution >= 4 is 22.5 Å². The van der Waals surface area contributed by atoms with E-state index in [1.807, 2.05) is 56.3 Å². The second-order valence-electron chi connectivity index (χ2n) is 5.03. The van der Waals surface area contributed by atoms with Crippen LogP contribution < -0.4 is 10.1 Å². The van der Waals surface area contributed by atoms with E-state index in [0.29, 0.717) is 18.0 Å². The number of amides is 1. The minimum Gasteiger partial charge on any atom is -0.494 e. The highest BCUT2D eigenvalue weighted by Gasteiger charge is 2.14. The largest absolute Gasteiger partial charge is 0.494 e. The van der Waals surface area contributed by atoms with E-state index in [-0.39, 0.29) is 5.91 Å². The summed E-state index contributed by atoms with van der Waals surface area (Å²) < 4.78 is 5.38. The molecule has 5 heteroatoms. The van der Waals surface area contributed by atoms with Crippen molar-refractivity contribution in [1.29, 1.82) is 0 Å². The van der Waals surface area contributed by atoms with Crippen LogP contribution in [0.3, 0.4) is 0 Å². The van der Waals surface area contributed by atoms with Crippen molar-refractivity contribution in [2.45, 2.75) is 13.8 Å². The highest BCUT2D eigenvalue weighted by atomic mass is 16.5. The Balaban J connectivity index is 1.82. The van der Waals surface area contributed by atoms with E-state index >= 15 is 0 Å². The van der Waals surface area contributed by atoms with E-state index in [2.05, 4.69) is 15.5 Å². The molecular formula is C17H17N3O2. The minimum atomic E-state index is -0.235. The number of nitrogens with one attached hydrogen (secondary N) is 2. The number of nitrogens with zero attached hydrogens (tertiary/aromatic N) is 1. The lowest BCUT2D eigenvalue weighted by Gasteiger charge is -2.06. The van der Waals surface area contributed by atoms with Gasteiger partial charge in [0.25, 0.3) is 5.91 Å². The number of aryl methyl sites for hydroxylation is 1. The van der Waals surface area contributed by atoms with Crippen LogP contribution in [0.15, 0.2) is 42.5 Å². The fourth-order valence-electron chi connectivity index (χ4n) is 2.29. The lowest BCUT2D eigenvalue weighted by atomic mass is 10.1. The van der Waals surface area contributed by atoms with Crippen LogP contribution in [-0.2, 0) is 0 Å². The summed E-state index contributed by atoms with van der Waals surface area (Å²) in [5.74, 6) is 0.544. The van der Waals surface area contributed by atoms with Crippen LogP contribution in [0.4, 0.5) is 5.69 Å². The van der Waals surface area contributed by atoms with Crippen LogP contribution in [0.25, 0.3) is 10.9 Å². The molecule has 3 aromatic rings. The van der Waals surface area contributed by atoms with Crippen molar-refractivity contribution in [1.82, 2.24) is 10.2 Å². The molecule has 0 unspecified atom stereocenters. The molecule has 0 aliphatic carbocycles. The summed E-state index contributed by atoms with van der Waals surface area (Å²) >= 11 is 0. The van der Waals surface area contributed by atoms with E-state index in [9.17, 15) is 4.79 Å². The molecule has 0 saturated carbocycles. The highest BCUT2D eigenvalue weighted by Crippen LogP contribution is 2.20. The first-order chi connectivity index (χ1) is 10.7. The molecule has 1 heterocycles. The number of carbonyl (C=O) groups is 1. The molecule has 2 N–H and O–H groups in total. The number of anilines is 1. The molecule has 22 heavy (non-hydrogen) atoms.